The molecule has 13 atom stereocenters. The van der Waals surface area contributed by atoms with Gasteiger partial charge in [-0.15, -0.1) is 0 Å². The van der Waals surface area contributed by atoms with Gasteiger partial charge in [-0.25, -0.2) is 14.4 Å². The maximum atomic E-state index is 15.3. The number of benzene rings is 6. The number of fused-ring (bicyclic) bond motifs is 5. The lowest BCUT2D eigenvalue weighted by atomic mass is 9.44. The quantitative estimate of drug-likeness (QED) is 0.0172. The number of nitrogens with one attached hydrogen (secondary N) is 4. The topological polar surface area (TPSA) is 313 Å². The number of aliphatic hydroxyl groups is 4. The van der Waals surface area contributed by atoms with Gasteiger partial charge in [0.25, 0.3) is 0 Å². The van der Waals surface area contributed by atoms with Gasteiger partial charge in [-0.3, -0.25) is 19.2 Å². The molecule has 2 unspecified atom stereocenters. The fraction of sp³-hybridized carbons (Fsp3) is 0.392. The lowest BCUT2D eigenvalue weighted by molar-refractivity contribution is -0.351. The average Bonchev–Trinajstić information content (AvgIpc) is 0.673. The molecule has 6 aromatic rings. The third kappa shape index (κ3) is 15.2. The number of esters is 3. The van der Waals surface area contributed by atoms with E-state index in [2.05, 4.69) is 21.3 Å². The van der Waals surface area contributed by atoms with E-state index in [0.29, 0.717) is 29.0 Å². The summed E-state index contributed by atoms with van der Waals surface area (Å²) in [6, 6.07) is 46.2. The van der Waals surface area contributed by atoms with Crippen LogP contribution >= 0.6 is 0 Å². The minimum Gasteiger partial charge on any atom is -0.489 e. The molecule has 6 aromatic carbocycles. The third-order valence-electron chi connectivity index (χ3n) is 19.1. The second-order valence-electron chi connectivity index (χ2n) is 25.7. The summed E-state index contributed by atoms with van der Waals surface area (Å²) in [4.78, 5) is 99.5. The monoisotopic (exact) mass is 1310 g/mol. The minimum absolute atomic E-state index is 0.0252. The van der Waals surface area contributed by atoms with Crippen molar-refractivity contribution in [2.75, 3.05) is 19.8 Å². The molecule has 2 saturated carbocycles. The normalized spacial score (nSPS) is 25.2. The summed E-state index contributed by atoms with van der Waals surface area (Å²) < 4.78 is 42.8. The lowest BCUT2D eigenvalue weighted by Crippen LogP contribution is -2.81. The summed E-state index contributed by atoms with van der Waals surface area (Å²) in [5.74, 6) is -6.18. The number of ketones is 1. The largest absolute Gasteiger partial charge is 0.489 e. The molecular weight excluding hydrogens is 1230 g/mol. The Kier molecular flexibility index (Phi) is 22.0. The molecular formula is C74H82N4O18. The summed E-state index contributed by atoms with van der Waals surface area (Å²) >= 11 is 0. The van der Waals surface area contributed by atoms with Crippen molar-refractivity contribution < 1.29 is 87.1 Å². The van der Waals surface area contributed by atoms with Crippen LogP contribution in [0.5, 0.6) is 5.75 Å². The van der Waals surface area contributed by atoms with Gasteiger partial charge in [-0.2, -0.15) is 0 Å². The van der Waals surface area contributed by atoms with Crippen LogP contribution < -0.4 is 26.0 Å². The van der Waals surface area contributed by atoms with Crippen molar-refractivity contribution in [3.05, 3.63) is 220 Å². The number of hydrogen-bond donors (Lipinski definition) is 8. The van der Waals surface area contributed by atoms with Crippen LogP contribution in [0, 0.1) is 16.7 Å². The van der Waals surface area contributed by atoms with E-state index < -0.39 is 144 Å². The predicted molar refractivity (Wildman–Crippen MR) is 347 cm³/mol. The van der Waals surface area contributed by atoms with E-state index >= 15 is 4.79 Å². The number of aliphatic hydroxyl groups excluding tert-OH is 3. The SMILES string of the molecule is CC(=O)O[C@@]12COC1C[C@H](O)[C@@]1(C)C(=O)[C@H](O)C3=C(C)[C@@H](OC(=O)[C@H](O)[C@@H](NC(=O)NCC(=O)N[C@@H](COCc4ccccc4)C(=O)N[C@@H](Cc4ccc(OCc5ccccc5)cc4)C(=O)OCc4ccccc4)c4ccccc4)C[C@@](O)([C@@H](OCc4ccccc4)C21)C3(C)C. The van der Waals surface area contributed by atoms with Gasteiger partial charge in [0, 0.05) is 37.5 Å². The molecule has 2 bridgehead atoms. The zero-order chi connectivity index (χ0) is 68.4. The van der Waals surface area contributed by atoms with Gasteiger partial charge in [-0.05, 0) is 70.5 Å². The van der Waals surface area contributed by atoms with Crippen molar-refractivity contribution in [2.24, 2.45) is 16.7 Å². The van der Waals surface area contributed by atoms with Gasteiger partial charge < -0.3 is 74.9 Å². The van der Waals surface area contributed by atoms with Gasteiger partial charge in [0.05, 0.1) is 56.6 Å². The molecule has 1 saturated heterocycles. The van der Waals surface area contributed by atoms with Crippen molar-refractivity contribution in [2.45, 2.75) is 146 Å². The maximum absolute atomic E-state index is 15.3. The van der Waals surface area contributed by atoms with Crippen LogP contribution in [0.4, 0.5) is 4.79 Å². The Morgan fingerprint density at radius 3 is 1.80 bits per heavy atom. The second-order valence-corrected chi connectivity index (χ2v) is 25.7. The van der Waals surface area contributed by atoms with Crippen molar-refractivity contribution >= 4 is 41.5 Å². The van der Waals surface area contributed by atoms with Gasteiger partial charge in [0.15, 0.2) is 17.5 Å². The van der Waals surface area contributed by atoms with E-state index in [0.717, 1.165) is 11.1 Å². The third-order valence-corrected chi connectivity index (χ3v) is 19.1. The van der Waals surface area contributed by atoms with E-state index in [-0.39, 0.29) is 56.0 Å². The molecule has 506 valence electrons. The summed E-state index contributed by atoms with van der Waals surface area (Å²) in [5.41, 5.74) is -3.34. The Morgan fingerprint density at radius 2 is 1.23 bits per heavy atom. The maximum Gasteiger partial charge on any atom is 0.338 e. The summed E-state index contributed by atoms with van der Waals surface area (Å²) in [6.45, 7) is 6.12. The summed E-state index contributed by atoms with van der Waals surface area (Å²) in [7, 11) is 0. The van der Waals surface area contributed by atoms with Gasteiger partial charge in [0.2, 0.25) is 11.8 Å². The zero-order valence-corrected chi connectivity index (χ0v) is 54.1. The highest BCUT2D eigenvalue weighted by atomic mass is 16.6. The second kappa shape index (κ2) is 30.3. The zero-order valence-electron chi connectivity index (χ0n) is 54.1. The van der Waals surface area contributed by atoms with Crippen LogP contribution in [-0.4, -0.2) is 142 Å². The number of urea groups is 1. The molecule has 0 spiro atoms. The molecule has 22 nitrogen and oxygen atoms in total. The van der Waals surface area contributed by atoms with E-state index in [1.165, 1.54) is 32.9 Å². The van der Waals surface area contributed by atoms with Gasteiger partial charge in [-0.1, -0.05) is 178 Å². The fourth-order valence-electron chi connectivity index (χ4n) is 13.8. The molecule has 96 heavy (non-hydrogen) atoms. The molecule has 1 heterocycles. The van der Waals surface area contributed by atoms with E-state index in [1.807, 2.05) is 66.7 Å². The van der Waals surface area contributed by atoms with E-state index in [4.69, 9.17) is 33.2 Å². The molecule has 8 N–H and O–H groups in total. The molecule has 0 aromatic heterocycles. The minimum atomic E-state index is -2.24. The molecule has 0 radical (unpaired) electrons. The highest BCUT2D eigenvalue weighted by Crippen LogP contribution is 2.64. The first-order valence-corrected chi connectivity index (χ1v) is 32.0. The van der Waals surface area contributed by atoms with Crippen molar-refractivity contribution in [3.63, 3.8) is 0 Å². The number of amides is 4. The summed E-state index contributed by atoms with van der Waals surface area (Å²) in [6.07, 6.45) is -10.4. The molecule has 3 aliphatic carbocycles. The molecule has 22 heteroatoms. The lowest BCUT2D eigenvalue weighted by Gasteiger charge is -2.67. The molecule has 1 aliphatic heterocycles. The first kappa shape index (κ1) is 69.7. The smallest absolute Gasteiger partial charge is 0.338 e. The van der Waals surface area contributed by atoms with Crippen LogP contribution in [-0.2, 0) is 90.0 Å². The Bertz CT molecular complexity index is 3730. The van der Waals surface area contributed by atoms with E-state index in [1.54, 1.807) is 111 Å². The summed E-state index contributed by atoms with van der Waals surface area (Å²) in [5, 5.41) is 60.8. The molecule has 4 amide bonds. The van der Waals surface area contributed by atoms with Crippen LogP contribution in [0.2, 0.25) is 0 Å². The number of ether oxygens (including phenoxy) is 7. The first-order chi connectivity index (χ1) is 46.0. The van der Waals surface area contributed by atoms with Crippen LogP contribution in [0.3, 0.4) is 0 Å². The highest BCUT2D eigenvalue weighted by molar-refractivity contribution is 5.94. The van der Waals surface area contributed by atoms with Crippen LogP contribution in [0.15, 0.2) is 187 Å². The van der Waals surface area contributed by atoms with Crippen molar-refractivity contribution in [1.29, 1.82) is 0 Å². The number of hydrogen-bond acceptors (Lipinski definition) is 18. The fourth-order valence-corrected chi connectivity index (χ4v) is 13.8. The molecule has 3 fully saturated rings. The standard InChI is InChI=1S/C74H82N4O18/c1-45-56(37-74(89)66(92-41-50-25-15-8-16-26-50)64-72(5,65(84)62(82)60(45)71(74,3)4)57(80)36-58-73(64,44-94-58)96-46(2)79)95-69(87)63(83)61(52-29-19-10-20-30-52)78-70(88)75-38-59(81)76-55(43-90-39-48-21-11-6-12-22-48)67(85)77-54(68(86)93-42-51-27-17-9-18-28-51)35-47-31-33-53(34-32-47)91-40-49-23-13-7-14-24-49/h6-34,54-58,61-64,66,80,82-83,89H,35-44H2,1-5H3,(H,76,81)(H,77,85)(H2,75,78,88)/t54-,55-,56-,57-,58?,61-,62+,63+,64?,66-,72+,73-,74+/m0/s1. The Morgan fingerprint density at radius 1 is 0.667 bits per heavy atom. The Labute approximate surface area is 556 Å². The molecule has 10 rings (SSSR count). The number of rotatable bonds is 26. The van der Waals surface area contributed by atoms with Gasteiger partial charge in [0.1, 0.15) is 55.0 Å². The van der Waals surface area contributed by atoms with Gasteiger partial charge >= 0.3 is 23.9 Å². The number of Topliss-reactive ketones (excluding diaryl/α,β-unsaturated/α-hetero) is 1. The van der Waals surface area contributed by atoms with Crippen molar-refractivity contribution in [1.82, 2.24) is 21.3 Å². The predicted octanol–water partition coefficient (Wildman–Crippen LogP) is 6.15. The Balaban J connectivity index is 0.859. The van der Waals surface area contributed by atoms with E-state index in [9.17, 15) is 49.2 Å². The average molecular weight is 1320 g/mol. The Hall–Kier alpha value is -9.13. The number of carbonyl (C=O) groups is 7. The molecule has 4 aliphatic rings. The van der Waals surface area contributed by atoms with Crippen molar-refractivity contribution in [3.8, 4) is 5.75 Å². The first-order valence-electron chi connectivity index (χ1n) is 32.0. The van der Waals surface area contributed by atoms with Crippen LogP contribution in [0.25, 0.3) is 0 Å². The van der Waals surface area contributed by atoms with Crippen LogP contribution in [0.1, 0.15) is 86.9 Å². The number of carbonyl (C=O) groups excluding carboxylic acids is 7. The highest BCUT2D eigenvalue weighted by Gasteiger charge is 2.77.